The average Bonchev–Trinajstić information content (AvgIpc) is 2.30. The lowest BCUT2D eigenvalue weighted by Gasteiger charge is -2.08. The van der Waals surface area contributed by atoms with Gasteiger partial charge in [0.15, 0.2) is 11.6 Å². The van der Waals surface area contributed by atoms with Crippen LogP contribution in [-0.2, 0) is 6.61 Å². The summed E-state index contributed by atoms with van der Waals surface area (Å²) < 4.78 is 18.8. The number of benzene rings is 1. The summed E-state index contributed by atoms with van der Waals surface area (Å²) in [5.74, 6) is -0.117. The van der Waals surface area contributed by atoms with Crippen molar-refractivity contribution < 1.29 is 9.13 Å². The van der Waals surface area contributed by atoms with E-state index in [0.717, 1.165) is 11.1 Å². The summed E-state index contributed by atoms with van der Waals surface area (Å²) in [6.07, 6.45) is 1.59. The van der Waals surface area contributed by atoms with Gasteiger partial charge in [-0.1, -0.05) is 17.7 Å². The van der Waals surface area contributed by atoms with E-state index in [1.165, 1.54) is 6.07 Å². The standard InChI is InChI=1S/C13H11ClFNO/c1-9-2-3-11(15)12(6-9)17-8-10-4-5-16-13(14)7-10/h2-7H,8H2,1H3. The number of nitrogens with zero attached hydrogens (tertiary/aromatic N) is 1. The molecule has 0 bridgehead atoms. The second kappa shape index (κ2) is 5.15. The van der Waals surface area contributed by atoms with Crippen LogP contribution in [-0.4, -0.2) is 4.98 Å². The summed E-state index contributed by atoms with van der Waals surface area (Å²) in [5.41, 5.74) is 1.81. The minimum absolute atomic E-state index is 0.248. The van der Waals surface area contributed by atoms with E-state index in [0.29, 0.717) is 5.15 Å². The number of hydrogen-bond donors (Lipinski definition) is 0. The molecule has 0 unspecified atom stereocenters. The summed E-state index contributed by atoms with van der Waals surface area (Å²) in [4.78, 5) is 3.86. The predicted molar refractivity (Wildman–Crippen MR) is 64.7 cm³/mol. The van der Waals surface area contributed by atoms with Crippen molar-refractivity contribution in [3.8, 4) is 5.75 Å². The highest BCUT2D eigenvalue weighted by atomic mass is 35.5. The zero-order valence-corrected chi connectivity index (χ0v) is 10.0. The van der Waals surface area contributed by atoms with Gasteiger partial charge in [-0.3, -0.25) is 0 Å². The van der Waals surface area contributed by atoms with Crippen LogP contribution in [0.15, 0.2) is 36.5 Å². The normalized spacial score (nSPS) is 10.3. The average molecular weight is 252 g/mol. The van der Waals surface area contributed by atoms with E-state index in [4.69, 9.17) is 16.3 Å². The molecule has 0 saturated heterocycles. The topological polar surface area (TPSA) is 22.1 Å². The van der Waals surface area contributed by atoms with E-state index >= 15 is 0 Å². The molecule has 4 heteroatoms. The van der Waals surface area contributed by atoms with Gasteiger partial charge in [0.1, 0.15) is 11.8 Å². The van der Waals surface area contributed by atoms with Crippen LogP contribution in [0.1, 0.15) is 11.1 Å². The summed E-state index contributed by atoms with van der Waals surface area (Å²) >= 11 is 5.74. The maximum atomic E-state index is 13.4. The molecule has 0 aliphatic heterocycles. The molecule has 1 aromatic carbocycles. The fraction of sp³-hybridized carbons (Fsp3) is 0.154. The third-order valence-corrected chi connectivity index (χ3v) is 2.48. The van der Waals surface area contributed by atoms with Crippen molar-refractivity contribution in [2.75, 3.05) is 0 Å². The molecule has 0 spiro atoms. The van der Waals surface area contributed by atoms with Crippen LogP contribution in [0.25, 0.3) is 0 Å². The number of ether oxygens (including phenoxy) is 1. The first-order valence-electron chi connectivity index (χ1n) is 5.14. The molecule has 2 nitrogen and oxygen atoms in total. The van der Waals surface area contributed by atoms with E-state index in [2.05, 4.69) is 4.98 Å². The Bertz CT molecular complexity index is 531. The van der Waals surface area contributed by atoms with Crippen molar-refractivity contribution >= 4 is 11.6 Å². The Labute approximate surface area is 104 Å². The second-order valence-corrected chi connectivity index (χ2v) is 4.10. The van der Waals surface area contributed by atoms with Gasteiger partial charge in [0.05, 0.1) is 0 Å². The molecule has 0 aliphatic carbocycles. The van der Waals surface area contributed by atoms with Gasteiger partial charge < -0.3 is 4.74 Å². The molecular formula is C13H11ClFNO. The zero-order chi connectivity index (χ0) is 12.3. The Morgan fingerprint density at radius 3 is 2.88 bits per heavy atom. The minimum atomic E-state index is -0.365. The number of pyridine rings is 1. The first-order valence-corrected chi connectivity index (χ1v) is 5.52. The fourth-order valence-electron chi connectivity index (χ4n) is 1.41. The van der Waals surface area contributed by atoms with E-state index in [9.17, 15) is 4.39 Å². The van der Waals surface area contributed by atoms with Crippen LogP contribution in [0.3, 0.4) is 0 Å². The molecule has 88 valence electrons. The molecule has 0 radical (unpaired) electrons. The van der Waals surface area contributed by atoms with Gasteiger partial charge in [0.25, 0.3) is 0 Å². The van der Waals surface area contributed by atoms with E-state index in [1.54, 1.807) is 30.5 Å². The maximum absolute atomic E-state index is 13.4. The smallest absolute Gasteiger partial charge is 0.165 e. The van der Waals surface area contributed by atoms with Gasteiger partial charge in [-0.25, -0.2) is 9.37 Å². The van der Waals surface area contributed by atoms with Gasteiger partial charge in [-0.2, -0.15) is 0 Å². The Kier molecular flexibility index (Phi) is 3.59. The van der Waals surface area contributed by atoms with Crippen molar-refractivity contribution in [3.63, 3.8) is 0 Å². The molecular weight excluding hydrogens is 241 g/mol. The number of rotatable bonds is 3. The largest absolute Gasteiger partial charge is 0.486 e. The van der Waals surface area contributed by atoms with Crippen LogP contribution in [0.2, 0.25) is 5.15 Å². The van der Waals surface area contributed by atoms with Crippen LogP contribution >= 0.6 is 11.6 Å². The van der Waals surface area contributed by atoms with Gasteiger partial charge in [-0.05, 0) is 42.3 Å². The lowest BCUT2D eigenvalue weighted by Crippen LogP contribution is -1.98. The molecule has 0 saturated carbocycles. The summed E-state index contributed by atoms with van der Waals surface area (Å²) in [6, 6.07) is 8.22. The highest BCUT2D eigenvalue weighted by molar-refractivity contribution is 6.29. The number of aryl methyl sites for hydroxylation is 1. The third-order valence-electron chi connectivity index (χ3n) is 2.27. The van der Waals surface area contributed by atoms with Crippen molar-refractivity contribution in [1.29, 1.82) is 0 Å². The molecule has 0 aliphatic rings. The Morgan fingerprint density at radius 1 is 1.29 bits per heavy atom. The highest BCUT2D eigenvalue weighted by Gasteiger charge is 2.04. The van der Waals surface area contributed by atoms with E-state index in [1.807, 2.05) is 6.92 Å². The third kappa shape index (κ3) is 3.17. The first kappa shape index (κ1) is 11.9. The van der Waals surface area contributed by atoms with Crippen LogP contribution in [0.4, 0.5) is 4.39 Å². The van der Waals surface area contributed by atoms with Crippen molar-refractivity contribution in [2.45, 2.75) is 13.5 Å². The minimum Gasteiger partial charge on any atom is -0.486 e. The van der Waals surface area contributed by atoms with Crippen molar-refractivity contribution in [2.24, 2.45) is 0 Å². The van der Waals surface area contributed by atoms with Crippen molar-refractivity contribution in [1.82, 2.24) is 4.98 Å². The number of aromatic nitrogens is 1. The first-order chi connectivity index (χ1) is 8.15. The summed E-state index contributed by atoms with van der Waals surface area (Å²) in [5, 5.41) is 0.399. The fourth-order valence-corrected chi connectivity index (χ4v) is 1.61. The molecule has 17 heavy (non-hydrogen) atoms. The molecule has 0 atom stereocenters. The van der Waals surface area contributed by atoms with Gasteiger partial charge >= 0.3 is 0 Å². The quantitative estimate of drug-likeness (QED) is 0.775. The lowest BCUT2D eigenvalue weighted by molar-refractivity contribution is 0.290. The van der Waals surface area contributed by atoms with Crippen molar-refractivity contribution in [3.05, 3.63) is 58.6 Å². The lowest BCUT2D eigenvalue weighted by atomic mass is 10.2. The Morgan fingerprint density at radius 2 is 2.12 bits per heavy atom. The van der Waals surface area contributed by atoms with Gasteiger partial charge in [0.2, 0.25) is 0 Å². The van der Waals surface area contributed by atoms with Crippen LogP contribution < -0.4 is 4.74 Å². The predicted octanol–water partition coefficient (Wildman–Crippen LogP) is 3.76. The van der Waals surface area contributed by atoms with Crippen LogP contribution in [0.5, 0.6) is 5.75 Å². The molecule has 2 aromatic rings. The molecule has 0 N–H and O–H groups in total. The maximum Gasteiger partial charge on any atom is 0.165 e. The summed E-state index contributed by atoms with van der Waals surface area (Å²) in [7, 11) is 0. The molecule has 1 heterocycles. The number of hydrogen-bond acceptors (Lipinski definition) is 2. The van der Waals surface area contributed by atoms with E-state index < -0.39 is 0 Å². The number of halogens is 2. The molecule has 0 fully saturated rings. The monoisotopic (exact) mass is 251 g/mol. The SMILES string of the molecule is Cc1ccc(F)c(OCc2ccnc(Cl)c2)c1. The highest BCUT2D eigenvalue weighted by Crippen LogP contribution is 2.20. The molecule has 2 rings (SSSR count). The molecule has 1 aromatic heterocycles. The Hall–Kier alpha value is -1.61. The zero-order valence-electron chi connectivity index (χ0n) is 9.28. The molecule has 0 amide bonds. The second-order valence-electron chi connectivity index (χ2n) is 3.71. The van der Waals surface area contributed by atoms with Crippen LogP contribution in [0, 0.1) is 12.7 Å². The summed E-state index contributed by atoms with van der Waals surface area (Å²) in [6.45, 7) is 2.15. The van der Waals surface area contributed by atoms with E-state index in [-0.39, 0.29) is 18.2 Å². The van der Waals surface area contributed by atoms with Gasteiger partial charge in [0, 0.05) is 6.20 Å². The van der Waals surface area contributed by atoms with Gasteiger partial charge in [-0.15, -0.1) is 0 Å². The Balaban J connectivity index is 2.09.